The highest BCUT2D eigenvalue weighted by Gasteiger charge is 2.15. The molecule has 0 aromatic carbocycles. The first kappa shape index (κ1) is 14.2. The van der Waals surface area contributed by atoms with Gasteiger partial charge in [-0.1, -0.05) is 11.6 Å². The number of halogens is 1. The molecule has 19 heavy (non-hydrogen) atoms. The second kappa shape index (κ2) is 5.83. The van der Waals surface area contributed by atoms with Crippen LogP contribution >= 0.6 is 22.9 Å². The molecule has 6 nitrogen and oxygen atoms in total. The molecule has 0 atom stereocenters. The Morgan fingerprint density at radius 2 is 2.26 bits per heavy atom. The Kier molecular flexibility index (Phi) is 4.35. The normalized spacial score (nSPS) is 11.6. The Bertz CT molecular complexity index is 710. The van der Waals surface area contributed by atoms with E-state index in [-0.39, 0.29) is 16.5 Å². The van der Waals surface area contributed by atoms with Crippen molar-refractivity contribution in [3.63, 3.8) is 0 Å². The summed E-state index contributed by atoms with van der Waals surface area (Å²) in [6.07, 6.45) is 3.28. The van der Waals surface area contributed by atoms with Crippen molar-refractivity contribution in [2.24, 2.45) is 0 Å². The molecule has 9 heteroatoms. The number of H-pyrrole nitrogens is 1. The highest BCUT2D eigenvalue weighted by Crippen LogP contribution is 2.10. The minimum atomic E-state index is -3.68. The molecule has 0 unspecified atom stereocenters. The maximum Gasteiger partial charge on any atom is 0.266 e. The summed E-state index contributed by atoms with van der Waals surface area (Å²) in [5.41, 5.74) is -0.525. The van der Waals surface area contributed by atoms with Crippen LogP contribution in [0.1, 0.15) is 5.01 Å². The summed E-state index contributed by atoms with van der Waals surface area (Å²) in [7, 11) is -3.68. The first-order valence-corrected chi connectivity index (χ1v) is 7.99. The molecule has 0 bridgehead atoms. The Morgan fingerprint density at radius 1 is 1.47 bits per heavy atom. The molecular weight excluding hydrogens is 310 g/mol. The van der Waals surface area contributed by atoms with E-state index in [9.17, 15) is 13.2 Å². The van der Waals surface area contributed by atoms with Gasteiger partial charge in [0.25, 0.3) is 5.56 Å². The summed E-state index contributed by atoms with van der Waals surface area (Å²) in [5.74, 6) is 0. The van der Waals surface area contributed by atoms with E-state index in [1.807, 2.05) is 5.38 Å². The number of aromatic nitrogens is 2. The van der Waals surface area contributed by atoms with E-state index >= 15 is 0 Å². The smallest absolute Gasteiger partial charge is 0.266 e. The van der Waals surface area contributed by atoms with Crippen LogP contribution in [0, 0.1) is 0 Å². The van der Waals surface area contributed by atoms with Crippen LogP contribution in [0.15, 0.2) is 33.5 Å². The van der Waals surface area contributed by atoms with Gasteiger partial charge in [0.2, 0.25) is 10.0 Å². The first-order chi connectivity index (χ1) is 8.99. The lowest BCUT2D eigenvalue weighted by molar-refractivity contribution is 0.581. The standard InChI is InChI=1S/C10H10ClN3O3S2/c11-8-5-7(6-13-10(8)15)19(16,17)14-2-1-9-12-3-4-18-9/h3-6,14H,1-2H2,(H,13,15). The second-order valence-electron chi connectivity index (χ2n) is 3.59. The Labute approximate surface area is 118 Å². The predicted octanol–water partition coefficient (Wildman–Crippen LogP) is 1.01. The van der Waals surface area contributed by atoms with Crippen LogP contribution in [-0.4, -0.2) is 24.9 Å². The van der Waals surface area contributed by atoms with E-state index in [1.165, 1.54) is 11.3 Å². The predicted molar refractivity (Wildman–Crippen MR) is 73.1 cm³/mol. The van der Waals surface area contributed by atoms with Crippen LogP contribution in [0.3, 0.4) is 0 Å². The molecule has 0 spiro atoms. The van der Waals surface area contributed by atoms with Gasteiger partial charge in [0, 0.05) is 30.7 Å². The monoisotopic (exact) mass is 319 g/mol. The lowest BCUT2D eigenvalue weighted by Crippen LogP contribution is -2.26. The van der Waals surface area contributed by atoms with Gasteiger partial charge in [0.1, 0.15) is 5.02 Å². The summed E-state index contributed by atoms with van der Waals surface area (Å²) in [5, 5.41) is 2.51. The summed E-state index contributed by atoms with van der Waals surface area (Å²) >= 11 is 7.05. The molecule has 2 heterocycles. The van der Waals surface area contributed by atoms with Gasteiger partial charge < -0.3 is 4.98 Å². The molecule has 0 aliphatic heterocycles. The van der Waals surface area contributed by atoms with Crippen LogP contribution < -0.4 is 10.3 Å². The van der Waals surface area contributed by atoms with Crippen molar-refractivity contribution in [1.29, 1.82) is 0 Å². The van der Waals surface area contributed by atoms with Crippen molar-refractivity contribution in [2.75, 3.05) is 6.54 Å². The highest BCUT2D eigenvalue weighted by molar-refractivity contribution is 7.89. The van der Waals surface area contributed by atoms with Gasteiger partial charge in [-0.05, 0) is 6.07 Å². The summed E-state index contributed by atoms with van der Waals surface area (Å²) in [4.78, 5) is 17.3. The van der Waals surface area contributed by atoms with Crippen LogP contribution in [0.2, 0.25) is 5.02 Å². The van der Waals surface area contributed by atoms with Gasteiger partial charge in [0.15, 0.2) is 0 Å². The van der Waals surface area contributed by atoms with Gasteiger partial charge in [-0.2, -0.15) is 0 Å². The van der Waals surface area contributed by atoms with E-state index in [4.69, 9.17) is 11.6 Å². The fourth-order valence-electron chi connectivity index (χ4n) is 1.34. The average molecular weight is 320 g/mol. The fraction of sp³-hybridized carbons (Fsp3) is 0.200. The third kappa shape index (κ3) is 3.63. The molecule has 2 rings (SSSR count). The number of nitrogens with zero attached hydrogens (tertiary/aromatic N) is 1. The van der Waals surface area contributed by atoms with Gasteiger partial charge in [-0.25, -0.2) is 18.1 Å². The van der Waals surface area contributed by atoms with Crippen molar-refractivity contribution in [2.45, 2.75) is 11.3 Å². The van der Waals surface area contributed by atoms with Crippen LogP contribution in [0.4, 0.5) is 0 Å². The van der Waals surface area contributed by atoms with Crippen molar-refractivity contribution in [1.82, 2.24) is 14.7 Å². The zero-order valence-electron chi connectivity index (χ0n) is 9.59. The van der Waals surface area contributed by atoms with E-state index in [0.717, 1.165) is 17.3 Å². The lowest BCUT2D eigenvalue weighted by Gasteiger charge is -2.05. The van der Waals surface area contributed by atoms with Gasteiger partial charge in [0.05, 0.1) is 9.90 Å². The van der Waals surface area contributed by atoms with Crippen molar-refractivity contribution < 1.29 is 8.42 Å². The van der Waals surface area contributed by atoms with E-state index in [1.54, 1.807) is 6.20 Å². The van der Waals surface area contributed by atoms with Gasteiger partial charge in [-0.15, -0.1) is 11.3 Å². The molecule has 0 fully saturated rings. The Balaban J connectivity index is 2.05. The van der Waals surface area contributed by atoms with Crippen molar-refractivity contribution in [3.05, 3.63) is 44.2 Å². The molecule has 0 amide bonds. The van der Waals surface area contributed by atoms with E-state index in [2.05, 4.69) is 14.7 Å². The molecule has 0 aliphatic carbocycles. The molecule has 0 radical (unpaired) electrons. The molecule has 0 saturated carbocycles. The second-order valence-corrected chi connectivity index (χ2v) is 6.74. The molecule has 2 aromatic heterocycles. The number of pyridine rings is 1. The number of hydrogen-bond acceptors (Lipinski definition) is 5. The quantitative estimate of drug-likeness (QED) is 0.860. The number of nitrogens with one attached hydrogen (secondary N) is 2. The molecular formula is C10H10ClN3O3S2. The van der Waals surface area contributed by atoms with Crippen LogP contribution in [-0.2, 0) is 16.4 Å². The molecule has 2 aromatic rings. The number of sulfonamides is 1. The largest absolute Gasteiger partial charge is 0.326 e. The van der Waals surface area contributed by atoms with E-state index < -0.39 is 15.6 Å². The minimum Gasteiger partial charge on any atom is -0.326 e. The number of thiazole rings is 1. The zero-order chi connectivity index (χ0) is 13.9. The number of rotatable bonds is 5. The summed E-state index contributed by atoms with van der Waals surface area (Å²) in [6, 6.07) is 1.12. The number of aromatic amines is 1. The molecule has 0 saturated heterocycles. The summed E-state index contributed by atoms with van der Waals surface area (Å²) < 4.78 is 26.2. The lowest BCUT2D eigenvalue weighted by atomic mass is 10.5. The first-order valence-electron chi connectivity index (χ1n) is 5.25. The topological polar surface area (TPSA) is 91.9 Å². The van der Waals surface area contributed by atoms with Crippen molar-refractivity contribution >= 4 is 33.0 Å². The third-order valence-corrected chi connectivity index (χ3v) is 4.82. The Morgan fingerprint density at radius 3 is 2.89 bits per heavy atom. The molecule has 0 aliphatic rings. The summed E-state index contributed by atoms with van der Waals surface area (Å²) in [6.45, 7) is 0.229. The van der Waals surface area contributed by atoms with Gasteiger partial charge >= 0.3 is 0 Å². The van der Waals surface area contributed by atoms with Gasteiger partial charge in [-0.3, -0.25) is 4.79 Å². The Hall–Kier alpha value is -1.22. The third-order valence-electron chi connectivity index (χ3n) is 2.26. The zero-order valence-corrected chi connectivity index (χ0v) is 12.0. The van der Waals surface area contributed by atoms with Crippen molar-refractivity contribution in [3.8, 4) is 0 Å². The molecule has 2 N–H and O–H groups in total. The van der Waals surface area contributed by atoms with E-state index in [0.29, 0.717) is 6.42 Å². The fourth-order valence-corrected chi connectivity index (χ4v) is 3.23. The van der Waals surface area contributed by atoms with Crippen LogP contribution in [0.25, 0.3) is 0 Å². The average Bonchev–Trinajstić information content (AvgIpc) is 2.85. The minimum absolute atomic E-state index is 0.0729. The SMILES string of the molecule is O=c1[nH]cc(S(=O)(=O)NCCc2nccs2)cc1Cl. The maximum atomic E-state index is 11.9. The maximum absolute atomic E-state index is 11.9. The van der Waals surface area contributed by atoms with Crippen LogP contribution in [0.5, 0.6) is 0 Å². The molecule has 102 valence electrons. The highest BCUT2D eigenvalue weighted by atomic mass is 35.5. The number of hydrogen-bond donors (Lipinski definition) is 2.